The summed E-state index contributed by atoms with van der Waals surface area (Å²) in [7, 11) is 1.91. The van der Waals surface area contributed by atoms with Gasteiger partial charge in [0.25, 0.3) is 0 Å². The first-order valence-electron chi connectivity index (χ1n) is 8.50. The van der Waals surface area contributed by atoms with E-state index in [1.807, 2.05) is 37.6 Å². The van der Waals surface area contributed by atoms with Crippen molar-refractivity contribution in [2.75, 3.05) is 19.6 Å². The summed E-state index contributed by atoms with van der Waals surface area (Å²) in [5.74, 6) is 0.275. The molecular formula is C19H26N4O. The van der Waals surface area contributed by atoms with Crippen LogP contribution in [-0.2, 0) is 17.3 Å². The molecule has 2 heterocycles. The van der Waals surface area contributed by atoms with Gasteiger partial charge in [0.2, 0.25) is 5.91 Å². The molecule has 24 heavy (non-hydrogen) atoms. The van der Waals surface area contributed by atoms with Crippen molar-refractivity contribution in [3.05, 3.63) is 53.9 Å². The first-order valence-corrected chi connectivity index (χ1v) is 8.50. The van der Waals surface area contributed by atoms with Crippen molar-refractivity contribution in [1.29, 1.82) is 0 Å². The molecule has 2 atom stereocenters. The minimum Gasteiger partial charge on any atom is -0.355 e. The van der Waals surface area contributed by atoms with Gasteiger partial charge in [0, 0.05) is 44.2 Å². The Bertz CT molecular complexity index is 692. The number of nitrogens with zero attached hydrogens (tertiary/aromatic N) is 2. The highest BCUT2D eigenvalue weighted by molar-refractivity contribution is 5.80. The van der Waals surface area contributed by atoms with E-state index in [0.29, 0.717) is 6.54 Å². The number of aromatic nitrogens is 2. The monoisotopic (exact) mass is 326 g/mol. The lowest BCUT2D eigenvalue weighted by atomic mass is 9.84. The Morgan fingerprint density at radius 3 is 2.75 bits per heavy atom. The van der Waals surface area contributed by atoms with Gasteiger partial charge in [-0.25, -0.2) is 0 Å². The molecule has 2 N–H and O–H groups in total. The van der Waals surface area contributed by atoms with Gasteiger partial charge in [0.05, 0.1) is 12.1 Å². The molecule has 2 aromatic rings. The summed E-state index contributed by atoms with van der Waals surface area (Å²) < 4.78 is 1.79. The Labute approximate surface area is 143 Å². The van der Waals surface area contributed by atoms with Crippen molar-refractivity contribution in [2.45, 2.75) is 25.2 Å². The zero-order valence-corrected chi connectivity index (χ0v) is 14.6. The average Bonchev–Trinajstić information content (AvgIpc) is 3.22. The number of nitrogens with one attached hydrogen (secondary N) is 2. The fourth-order valence-electron chi connectivity index (χ4n) is 3.37. The summed E-state index contributed by atoms with van der Waals surface area (Å²) in [6, 6.07) is 10.3. The molecular weight excluding hydrogens is 300 g/mol. The molecule has 1 aliphatic rings. The zero-order chi connectivity index (χ0) is 17.2. The Balaban J connectivity index is 1.64. The Morgan fingerprint density at radius 1 is 1.33 bits per heavy atom. The van der Waals surface area contributed by atoms with E-state index in [4.69, 9.17) is 0 Å². The number of hydrogen-bond acceptors (Lipinski definition) is 3. The minimum atomic E-state index is -0.0905. The van der Waals surface area contributed by atoms with E-state index < -0.39 is 0 Å². The molecule has 1 aliphatic heterocycles. The van der Waals surface area contributed by atoms with Gasteiger partial charge < -0.3 is 10.6 Å². The summed E-state index contributed by atoms with van der Waals surface area (Å²) in [5, 5.41) is 10.7. The lowest BCUT2D eigenvalue weighted by Crippen LogP contribution is -2.41. The molecule has 5 nitrogen and oxygen atoms in total. The highest BCUT2D eigenvalue weighted by atomic mass is 16.1. The van der Waals surface area contributed by atoms with E-state index >= 15 is 0 Å². The van der Waals surface area contributed by atoms with Crippen LogP contribution in [0.1, 0.15) is 30.9 Å². The molecule has 0 unspecified atom stereocenters. The highest BCUT2D eigenvalue weighted by Gasteiger charge is 2.35. The van der Waals surface area contributed by atoms with E-state index in [1.165, 1.54) is 5.56 Å². The fraction of sp³-hybridized carbons (Fsp3) is 0.474. The Morgan fingerprint density at radius 2 is 2.08 bits per heavy atom. The van der Waals surface area contributed by atoms with E-state index in [0.717, 1.165) is 18.7 Å². The summed E-state index contributed by atoms with van der Waals surface area (Å²) in [6.07, 6.45) is 3.87. The second kappa shape index (κ2) is 6.77. The first-order chi connectivity index (χ1) is 11.5. The van der Waals surface area contributed by atoms with Crippen LogP contribution >= 0.6 is 0 Å². The quantitative estimate of drug-likeness (QED) is 0.881. The number of amides is 1. The molecule has 3 rings (SSSR count). The SMILES string of the molecule is Cn1cc([C@H]2CNC[C@@H]2C(=O)NCC(C)(C)c2ccccc2)cn1. The van der Waals surface area contributed by atoms with E-state index in [-0.39, 0.29) is 23.2 Å². The molecule has 0 aliphatic carbocycles. The van der Waals surface area contributed by atoms with Gasteiger partial charge in [-0.1, -0.05) is 44.2 Å². The van der Waals surface area contributed by atoms with Crippen molar-refractivity contribution in [1.82, 2.24) is 20.4 Å². The molecule has 0 bridgehead atoms. The van der Waals surface area contributed by atoms with E-state index in [1.54, 1.807) is 4.68 Å². The summed E-state index contributed by atoms with van der Waals surface area (Å²) >= 11 is 0. The van der Waals surface area contributed by atoms with Crippen molar-refractivity contribution >= 4 is 5.91 Å². The van der Waals surface area contributed by atoms with E-state index in [2.05, 4.69) is 41.7 Å². The van der Waals surface area contributed by atoms with Crippen LogP contribution in [0.3, 0.4) is 0 Å². The molecule has 1 aromatic heterocycles. The smallest absolute Gasteiger partial charge is 0.225 e. The molecule has 128 valence electrons. The molecule has 1 fully saturated rings. The molecule has 0 saturated carbocycles. The lowest BCUT2D eigenvalue weighted by Gasteiger charge is -2.27. The number of carbonyl (C=O) groups excluding carboxylic acids is 1. The first kappa shape index (κ1) is 16.7. The van der Waals surface area contributed by atoms with Gasteiger partial charge in [-0.3, -0.25) is 9.48 Å². The third-order valence-corrected chi connectivity index (χ3v) is 4.96. The molecule has 0 spiro atoms. The van der Waals surface area contributed by atoms with Gasteiger partial charge in [0.1, 0.15) is 0 Å². The van der Waals surface area contributed by atoms with Crippen LogP contribution in [-0.4, -0.2) is 35.3 Å². The lowest BCUT2D eigenvalue weighted by molar-refractivity contribution is -0.125. The largest absolute Gasteiger partial charge is 0.355 e. The van der Waals surface area contributed by atoms with Gasteiger partial charge in [-0.2, -0.15) is 5.10 Å². The van der Waals surface area contributed by atoms with Crippen molar-refractivity contribution in [3.63, 3.8) is 0 Å². The number of hydrogen-bond donors (Lipinski definition) is 2. The highest BCUT2D eigenvalue weighted by Crippen LogP contribution is 2.28. The van der Waals surface area contributed by atoms with Crippen LogP contribution in [0.4, 0.5) is 0 Å². The maximum absolute atomic E-state index is 12.7. The maximum Gasteiger partial charge on any atom is 0.225 e. The van der Waals surface area contributed by atoms with Crippen LogP contribution in [0.25, 0.3) is 0 Å². The molecule has 1 amide bonds. The standard InChI is InChI=1S/C19H26N4O/c1-19(2,15-7-5-4-6-8-15)13-21-18(24)17-11-20-10-16(17)14-9-22-23(3)12-14/h4-9,12,16-17,20H,10-11,13H2,1-3H3,(H,21,24)/t16-,17+/m1/s1. The third-order valence-electron chi connectivity index (χ3n) is 4.96. The predicted molar refractivity (Wildman–Crippen MR) is 94.8 cm³/mol. The number of benzene rings is 1. The molecule has 1 saturated heterocycles. The van der Waals surface area contributed by atoms with Gasteiger partial charge in [0.15, 0.2) is 0 Å². The maximum atomic E-state index is 12.7. The van der Waals surface area contributed by atoms with Crippen molar-refractivity contribution in [2.24, 2.45) is 13.0 Å². The average molecular weight is 326 g/mol. The van der Waals surface area contributed by atoms with Crippen LogP contribution in [0.15, 0.2) is 42.7 Å². The summed E-state index contributed by atoms with van der Waals surface area (Å²) in [5.41, 5.74) is 2.27. The summed E-state index contributed by atoms with van der Waals surface area (Å²) in [4.78, 5) is 12.7. The zero-order valence-electron chi connectivity index (χ0n) is 14.6. The Kier molecular flexibility index (Phi) is 4.71. The minimum absolute atomic E-state index is 0.0410. The number of aryl methyl sites for hydroxylation is 1. The molecule has 0 radical (unpaired) electrons. The molecule has 1 aromatic carbocycles. The van der Waals surface area contributed by atoms with Crippen LogP contribution in [0.2, 0.25) is 0 Å². The van der Waals surface area contributed by atoms with Crippen LogP contribution in [0.5, 0.6) is 0 Å². The fourth-order valence-corrected chi connectivity index (χ4v) is 3.37. The second-order valence-corrected chi connectivity index (χ2v) is 7.29. The number of carbonyl (C=O) groups is 1. The van der Waals surface area contributed by atoms with Crippen LogP contribution < -0.4 is 10.6 Å². The number of rotatable bonds is 5. The third kappa shape index (κ3) is 3.51. The van der Waals surface area contributed by atoms with E-state index in [9.17, 15) is 4.79 Å². The Hall–Kier alpha value is -2.14. The van der Waals surface area contributed by atoms with Gasteiger partial charge in [-0.15, -0.1) is 0 Å². The predicted octanol–water partition coefficient (Wildman–Crippen LogP) is 1.82. The van der Waals surface area contributed by atoms with Gasteiger partial charge in [-0.05, 0) is 11.1 Å². The summed E-state index contributed by atoms with van der Waals surface area (Å²) in [6.45, 7) is 6.50. The van der Waals surface area contributed by atoms with Gasteiger partial charge >= 0.3 is 0 Å². The van der Waals surface area contributed by atoms with Crippen LogP contribution in [0, 0.1) is 5.92 Å². The van der Waals surface area contributed by atoms with Crippen molar-refractivity contribution in [3.8, 4) is 0 Å². The molecule has 5 heteroatoms. The topological polar surface area (TPSA) is 59.0 Å². The van der Waals surface area contributed by atoms with Crippen molar-refractivity contribution < 1.29 is 4.79 Å². The normalized spacial score (nSPS) is 21.0. The second-order valence-electron chi connectivity index (χ2n) is 7.29.